The first-order valence-corrected chi connectivity index (χ1v) is 10.1. The number of hydrogen-bond acceptors (Lipinski definition) is 6. The van der Waals surface area contributed by atoms with Crippen LogP contribution >= 0.6 is 11.3 Å². The molecule has 5 aromatic rings. The van der Waals surface area contributed by atoms with Gasteiger partial charge in [0.25, 0.3) is 5.71 Å². The smallest absolute Gasteiger partial charge is 0.272 e. The minimum atomic E-state index is 0.150. The summed E-state index contributed by atoms with van der Waals surface area (Å²) in [5.74, 6) is 0.150. The molecule has 6 nitrogen and oxygen atoms in total. The van der Waals surface area contributed by atoms with Crippen molar-refractivity contribution < 1.29 is 9.63 Å². The van der Waals surface area contributed by atoms with Gasteiger partial charge in [-0.1, -0.05) is 77.2 Å². The Morgan fingerprint density at radius 2 is 1.60 bits per heavy atom. The molecule has 0 aliphatic rings. The molecule has 0 saturated carbocycles. The lowest BCUT2D eigenvalue weighted by molar-refractivity contribution is 0.439. The molecular weight excluding hydrogens is 396 g/mol. The number of phenols is 1. The number of benzene rings is 3. The van der Waals surface area contributed by atoms with Crippen molar-refractivity contribution in [3.8, 4) is 17.0 Å². The van der Waals surface area contributed by atoms with Crippen LogP contribution in [0.1, 0.15) is 5.56 Å². The number of fused-ring (bicyclic) bond motifs is 1. The Morgan fingerprint density at radius 3 is 2.37 bits per heavy atom. The maximum Gasteiger partial charge on any atom is 0.272 e. The van der Waals surface area contributed by atoms with E-state index in [2.05, 4.69) is 10.3 Å². The number of thiazole rings is 1. The van der Waals surface area contributed by atoms with Gasteiger partial charge in [0, 0.05) is 11.1 Å². The summed E-state index contributed by atoms with van der Waals surface area (Å²) in [7, 11) is 0. The zero-order valence-electron chi connectivity index (χ0n) is 15.7. The van der Waals surface area contributed by atoms with Crippen LogP contribution in [0.15, 0.2) is 99.5 Å². The van der Waals surface area contributed by atoms with E-state index in [4.69, 9.17) is 9.52 Å². The van der Waals surface area contributed by atoms with Crippen molar-refractivity contribution in [3.63, 3.8) is 0 Å². The molecule has 0 atom stereocenters. The van der Waals surface area contributed by atoms with E-state index in [1.165, 1.54) is 11.3 Å². The normalized spacial score (nSPS) is 12.2. The van der Waals surface area contributed by atoms with Crippen LogP contribution in [-0.2, 0) is 0 Å². The van der Waals surface area contributed by atoms with Gasteiger partial charge in [-0.15, -0.1) is 0 Å². The molecule has 0 aliphatic carbocycles. The Balaban J connectivity index is 1.71. The highest BCUT2D eigenvalue weighted by atomic mass is 32.1. The predicted molar refractivity (Wildman–Crippen MR) is 118 cm³/mol. The minimum absolute atomic E-state index is 0.150. The third kappa shape index (κ3) is 3.42. The Hall–Kier alpha value is -3.97. The molecule has 0 radical (unpaired) electrons. The van der Waals surface area contributed by atoms with E-state index in [9.17, 15) is 5.11 Å². The quantitative estimate of drug-likeness (QED) is 0.413. The number of phenolic OH excluding ortho intramolecular Hbond substituents is 1. The van der Waals surface area contributed by atoms with Gasteiger partial charge in [-0.2, -0.15) is 9.78 Å². The van der Waals surface area contributed by atoms with Crippen molar-refractivity contribution in [2.75, 3.05) is 0 Å². The van der Waals surface area contributed by atoms with Crippen LogP contribution in [0.5, 0.6) is 5.75 Å². The van der Waals surface area contributed by atoms with E-state index >= 15 is 0 Å². The van der Waals surface area contributed by atoms with E-state index in [-0.39, 0.29) is 5.75 Å². The first-order valence-electron chi connectivity index (χ1n) is 9.28. The lowest BCUT2D eigenvalue weighted by atomic mass is 10.2. The Morgan fingerprint density at radius 1 is 0.900 bits per heavy atom. The summed E-state index contributed by atoms with van der Waals surface area (Å²) >= 11 is 1.45. The van der Waals surface area contributed by atoms with Crippen LogP contribution in [0.25, 0.3) is 21.7 Å². The van der Waals surface area contributed by atoms with Gasteiger partial charge in [0.2, 0.25) is 4.80 Å². The highest BCUT2D eigenvalue weighted by Gasteiger charge is 2.17. The monoisotopic (exact) mass is 412 g/mol. The highest BCUT2D eigenvalue weighted by Crippen LogP contribution is 2.30. The molecule has 0 spiro atoms. The first kappa shape index (κ1) is 18.1. The van der Waals surface area contributed by atoms with Gasteiger partial charge in [-0.3, -0.25) is 0 Å². The average molecular weight is 412 g/mol. The minimum Gasteiger partial charge on any atom is -0.507 e. The molecule has 0 bridgehead atoms. The third-order valence-corrected chi connectivity index (χ3v) is 5.50. The molecule has 146 valence electrons. The molecule has 30 heavy (non-hydrogen) atoms. The van der Waals surface area contributed by atoms with E-state index in [1.807, 2.05) is 66.7 Å². The molecule has 1 N–H and O–H groups in total. The lowest BCUT2D eigenvalue weighted by Crippen LogP contribution is -2.09. The number of rotatable bonds is 4. The first-order chi connectivity index (χ1) is 14.8. The molecule has 7 heteroatoms. The topological polar surface area (TPSA) is 75.9 Å². The summed E-state index contributed by atoms with van der Waals surface area (Å²) in [6.45, 7) is 0. The van der Waals surface area contributed by atoms with Crippen molar-refractivity contribution in [1.82, 2.24) is 9.83 Å². The predicted octanol–water partition coefficient (Wildman–Crippen LogP) is 5.18. The lowest BCUT2D eigenvalue weighted by Gasteiger charge is -1.98. The van der Waals surface area contributed by atoms with Crippen molar-refractivity contribution in [2.45, 2.75) is 0 Å². The second kappa shape index (κ2) is 7.81. The van der Waals surface area contributed by atoms with Gasteiger partial charge < -0.3 is 9.63 Å². The summed E-state index contributed by atoms with van der Waals surface area (Å²) in [5.41, 5.74) is 3.61. The summed E-state index contributed by atoms with van der Waals surface area (Å²) in [6, 6.07) is 26.5. The molecule has 2 heterocycles. The Labute approximate surface area is 175 Å². The summed E-state index contributed by atoms with van der Waals surface area (Å²) in [5, 5.41) is 18.9. The second-order valence-electron chi connectivity index (χ2n) is 6.48. The largest absolute Gasteiger partial charge is 0.507 e. The number of aromatic nitrogens is 2. The maximum absolute atomic E-state index is 10.1. The second-order valence-corrected chi connectivity index (χ2v) is 7.46. The van der Waals surface area contributed by atoms with E-state index in [0.717, 1.165) is 21.6 Å². The van der Waals surface area contributed by atoms with E-state index < -0.39 is 0 Å². The van der Waals surface area contributed by atoms with Crippen molar-refractivity contribution in [2.24, 2.45) is 10.1 Å². The summed E-state index contributed by atoms with van der Waals surface area (Å²) in [4.78, 5) is 5.38. The van der Waals surface area contributed by atoms with Crippen molar-refractivity contribution in [1.29, 1.82) is 0 Å². The van der Waals surface area contributed by atoms with Crippen molar-refractivity contribution >= 4 is 33.7 Å². The fourth-order valence-electron chi connectivity index (χ4n) is 3.00. The van der Waals surface area contributed by atoms with Gasteiger partial charge in [0.15, 0.2) is 0 Å². The van der Waals surface area contributed by atoms with Crippen LogP contribution in [-0.4, -0.2) is 21.2 Å². The van der Waals surface area contributed by atoms with Gasteiger partial charge in [0.1, 0.15) is 16.1 Å². The molecule has 0 aliphatic heterocycles. The molecule has 0 amide bonds. The van der Waals surface area contributed by atoms with Crippen LogP contribution in [0.2, 0.25) is 0 Å². The number of nitrogens with zero attached hydrogens (tertiary/aromatic N) is 4. The highest BCUT2D eigenvalue weighted by molar-refractivity contribution is 7.16. The molecule has 0 saturated heterocycles. The van der Waals surface area contributed by atoms with Crippen molar-refractivity contribution in [3.05, 3.63) is 95.3 Å². The SMILES string of the molecule is Oc1ccccc1/C=N\n1c(=Nc2ccccc2)sc2c(-c3ccccc3)noc21. The Kier molecular flexibility index (Phi) is 4.71. The van der Waals surface area contributed by atoms with Gasteiger partial charge >= 0.3 is 0 Å². The Bertz CT molecular complexity index is 1400. The van der Waals surface area contributed by atoms with E-state index in [0.29, 0.717) is 16.1 Å². The summed E-state index contributed by atoms with van der Waals surface area (Å²) in [6.07, 6.45) is 1.58. The molecule has 5 rings (SSSR count). The van der Waals surface area contributed by atoms with Gasteiger partial charge in [-0.05, 0) is 24.3 Å². The van der Waals surface area contributed by atoms with Crippen LogP contribution in [0.4, 0.5) is 5.69 Å². The fourth-order valence-corrected chi connectivity index (χ4v) is 4.02. The zero-order chi connectivity index (χ0) is 20.3. The van der Waals surface area contributed by atoms with Gasteiger partial charge in [-0.25, -0.2) is 4.99 Å². The molecular formula is C23H16N4O2S. The molecule has 2 aromatic heterocycles. The third-order valence-electron chi connectivity index (χ3n) is 4.48. The van der Waals surface area contributed by atoms with Gasteiger partial charge in [0.05, 0.1) is 11.9 Å². The standard InChI is InChI=1S/C23H16N4O2S/c28-19-14-8-7-11-17(19)15-24-27-22-21(20(26-29-22)16-9-3-1-4-10-16)30-23(27)25-18-12-5-2-6-13-18/h1-15,28H/b24-15-,25-23?. The average Bonchev–Trinajstić information content (AvgIpc) is 3.34. The number of para-hydroxylation sites is 2. The maximum atomic E-state index is 10.1. The van der Waals surface area contributed by atoms with Crippen LogP contribution in [0.3, 0.4) is 0 Å². The van der Waals surface area contributed by atoms with E-state index in [1.54, 1.807) is 29.1 Å². The molecule has 3 aromatic carbocycles. The van der Waals surface area contributed by atoms with Crippen LogP contribution in [0, 0.1) is 0 Å². The van der Waals surface area contributed by atoms with Crippen LogP contribution < -0.4 is 4.80 Å². The summed E-state index contributed by atoms with van der Waals surface area (Å²) < 4.78 is 8.12. The molecule has 0 unspecified atom stereocenters. The number of aromatic hydroxyl groups is 1. The fraction of sp³-hybridized carbons (Fsp3) is 0. The number of hydrogen-bond donors (Lipinski definition) is 1. The molecule has 0 fully saturated rings. The zero-order valence-corrected chi connectivity index (χ0v) is 16.5.